The molecule has 0 spiro atoms. The molecule has 2 heterocycles. The van der Waals surface area contributed by atoms with Crippen LogP contribution < -0.4 is 0 Å². The summed E-state index contributed by atoms with van der Waals surface area (Å²) in [5, 5.41) is 14.0. The van der Waals surface area contributed by atoms with Crippen molar-refractivity contribution in [2.24, 2.45) is 0 Å². The van der Waals surface area contributed by atoms with Gasteiger partial charge in [-0.15, -0.1) is 5.10 Å². The van der Waals surface area contributed by atoms with Gasteiger partial charge in [0, 0.05) is 12.4 Å². The van der Waals surface area contributed by atoms with Crippen LogP contribution in [-0.2, 0) is 6.42 Å². The van der Waals surface area contributed by atoms with E-state index in [4.69, 9.17) is 0 Å². The maximum Gasteiger partial charge on any atom is 0.253 e. The number of rotatable bonds is 4. The summed E-state index contributed by atoms with van der Waals surface area (Å²) in [6.07, 6.45) is 4.14. The van der Waals surface area contributed by atoms with Gasteiger partial charge >= 0.3 is 0 Å². The number of nitriles is 1. The molecule has 0 radical (unpaired) electrons. The molecule has 1 aromatic carbocycles. The summed E-state index contributed by atoms with van der Waals surface area (Å²) in [6.45, 7) is 2.05. The summed E-state index contributed by atoms with van der Waals surface area (Å²) in [5.41, 5.74) is 2.36. The minimum atomic E-state index is -0.217. The molecular weight excluding hydrogens is 282 g/mol. The molecular formula is C15H13N5S. The van der Waals surface area contributed by atoms with Gasteiger partial charge in [0.25, 0.3) is 5.78 Å². The van der Waals surface area contributed by atoms with E-state index in [0.29, 0.717) is 17.4 Å². The first-order valence-electron chi connectivity index (χ1n) is 6.54. The number of hydrogen-bond acceptors (Lipinski definition) is 5. The molecule has 104 valence electrons. The fraction of sp³-hybridized carbons (Fsp3) is 0.200. The molecule has 5 nitrogen and oxygen atoms in total. The van der Waals surface area contributed by atoms with Crippen LogP contribution in [0.1, 0.15) is 11.1 Å². The highest BCUT2D eigenvalue weighted by molar-refractivity contribution is 8.00. The Labute approximate surface area is 126 Å². The molecule has 0 saturated heterocycles. The van der Waals surface area contributed by atoms with Gasteiger partial charge in [0.15, 0.2) is 0 Å². The number of benzene rings is 1. The van der Waals surface area contributed by atoms with E-state index in [1.807, 2.05) is 6.92 Å². The highest BCUT2D eigenvalue weighted by atomic mass is 32.2. The van der Waals surface area contributed by atoms with Gasteiger partial charge in [-0.25, -0.2) is 9.50 Å². The lowest BCUT2D eigenvalue weighted by molar-refractivity contribution is 0.875. The summed E-state index contributed by atoms with van der Waals surface area (Å²) in [5.74, 6) is 0.548. The molecule has 0 aliphatic heterocycles. The first kappa shape index (κ1) is 13.6. The number of fused-ring (bicyclic) bond motifs is 1. The summed E-state index contributed by atoms with van der Waals surface area (Å²) < 4.78 is 1.61. The average molecular weight is 295 g/mol. The molecule has 2 aromatic heterocycles. The van der Waals surface area contributed by atoms with Crippen LogP contribution in [0.4, 0.5) is 0 Å². The van der Waals surface area contributed by atoms with Gasteiger partial charge in [-0.2, -0.15) is 10.2 Å². The third-order valence-electron chi connectivity index (χ3n) is 3.03. The predicted molar refractivity (Wildman–Crippen MR) is 80.9 cm³/mol. The summed E-state index contributed by atoms with van der Waals surface area (Å²) in [7, 11) is 0. The highest BCUT2D eigenvalue weighted by Gasteiger charge is 2.14. The standard InChI is InChI=1S/C15H13N5S/c1-11-3-5-12(6-4-11)9-13(10-16)21-15-18-14-17-7-2-8-20(14)19-15/h2-8,13H,9H2,1H3/t13-/m1/s1. The zero-order valence-electron chi connectivity index (χ0n) is 11.5. The second kappa shape index (κ2) is 5.94. The van der Waals surface area contributed by atoms with Crippen LogP contribution in [0.3, 0.4) is 0 Å². The van der Waals surface area contributed by atoms with Crippen molar-refractivity contribution in [3.63, 3.8) is 0 Å². The minimum absolute atomic E-state index is 0.217. The molecule has 21 heavy (non-hydrogen) atoms. The van der Waals surface area contributed by atoms with E-state index in [-0.39, 0.29) is 5.25 Å². The third-order valence-corrected chi connectivity index (χ3v) is 3.97. The van der Waals surface area contributed by atoms with E-state index in [1.54, 1.807) is 23.0 Å². The first-order valence-corrected chi connectivity index (χ1v) is 7.42. The average Bonchev–Trinajstić information content (AvgIpc) is 2.91. The van der Waals surface area contributed by atoms with Gasteiger partial charge in [0.05, 0.1) is 6.07 Å². The summed E-state index contributed by atoms with van der Waals surface area (Å²) in [6, 6.07) is 12.3. The molecule has 0 amide bonds. The van der Waals surface area contributed by atoms with Crippen molar-refractivity contribution >= 4 is 17.5 Å². The molecule has 0 aliphatic rings. The number of hydrogen-bond donors (Lipinski definition) is 0. The van der Waals surface area contributed by atoms with Crippen LogP contribution >= 0.6 is 11.8 Å². The van der Waals surface area contributed by atoms with E-state index in [2.05, 4.69) is 45.4 Å². The lowest BCUT2D eigenvalue weighted by Crippen LogP contribution is -2.04. The Morgan fingerprint density at radius 3 is 2.86 bits per heavy atom. The molecule has 6 heteroatoms. The van der Waals surface area contributed by atoms with Crippen LogP contribution in [-0.4, -0.2) is 24.8 Å². The van der Waals surface area contributed by atoms with Crippen LogP contribution in [0.5, 0.6) is 0 Å². The zero-order chi connectivity index (χ0) is 14.7. The van der Waals surface area contributed by atoms with E-state index in [1.165, 1.54) is 17.3 Å². The van der Waals surface area contributed by atoms with Gasteiger partial charge in [0.1, 0.15) is 5.25 Å². The van der Waals surface area contributed by atoms with E-state index in [0.717, 1.165) is 5.56 Å². The minimum Gasteiger partial charge on any atom is -0.220 e. The molecule has 0 N–H and O–H groups in total. The second-order valence-corrected chi connectivity index (χ2v) is 5.85. The fourth-order valence-corrected chi connectivity index (χ4v) is 2.80. The van der Waals surface area contributed by atoms with Crippen molar-refractivity contribution in [3.8, 4) is 6.07 Å². The Morgan fingerprint density at radius 2 is 2.14 bits per heavy atom. The van der Waals surface area contributed by atoms with Gasteiger partial charge < -0.3 is 0 Å². The molecule has 0 bridgehead atoms. The van der Waals surface area contributed by atoms with Gasteiger partial charge in [0.2, 0.25) is 5.16 Å². The maximum absolute atomic E-state index is 9.33. The van der Waals surface area contributed by atoms with Crippen LogP contribution in [0.2, 0.25) is 0 Å². The molecule has 0 aliphatic carbocycles. The quantitative estimate of drug-likeness (QED) is 0.692. The summed E-state index contributed by atoms with van der Waals surface area (Å²) >= 11 is 1.37. The lowest BCUT2D eigenvalue weighted by atomic mass is 10.1. The number of aromatic nitrogens is 4. The Kier molecular flexibility index (Phi) is 3.84. The Morgan fingerprint density at radius 1 is 1.33 bits per heavy atom. The van der Waals surface area contributed by atoms with Gasteiger partial charge in [-0.05, 0) is 25.0 Å². The highest BCUT2D eigenvalue weighted by Crippen LogP contribution is 2.23. The largest absolute Gasteiger partial charge is 0.253 e. The molecule has 0 fully saturated rings. The monoisotopic (exact) mass is 295 g/mol. The smallest absolute Gasteiger partial charge is 0.220 e. The Hall–Kier alpha value is -2.39. The number of nitrogens with zero attached hydrogens (tertiary/aromatic N) is 5. The van der Waals surface area contributed by atoms with E-state index >= 15 is 0 Å². The number of thioether (sulfide) groups is 1. The topological polar surface area (TPSA) is 66.9 Å². The Balaban J connectivity index is 1.75. The normalized spacial score (nSPS) is 12.2. The van der Waals surface area contributed by atoms with Gasteiger partial charge in [-0.1, -0.05) is 41.6 Å². The first-order chi connectivity index (χ1) is 10.2. The zero-order valence-corrected chi connectivity index (χ0v) is 12.3. The predicted octanol–water partition coefficient (Wildman–Crippen LogP) is 2.66. The molecule has 1 atom stereocenters. The SMILES string of the molecule is Cc1ccc(C[C@H](C#N)Sc2nc3ncccn3n2)cc1. The van der Waals surface area contributed by atoms with Crippen LogP contribution in [0, 0.1) is 18.3 Å². The molecule has 3 rings (SSSR count). The van der Waals surface area contributed by atoms with Crippen molar-refractivity contribution in [1.29, 1.82) is 5.26 Å². The van der Waals surface area contributed by atoms with Crippen molar-refractivity contribution in [2.45, 2.75) is 23.8 Å². The molecule has 0 unspecified atom stereocenters. The molecule has 0 saturated carbocycles. The fourth-order valence-electron chi connectivity index (χ4n) is 1.94. The van der Waals surface area contributed by atoms with Crippen LogP contribution in [0.15, 0.2) is 47.9 Å². The maximum atomic E-state index is 9.33. The van der Waals surface area contributed by atoms with Crippen LogP contribution in [0.25, 0.3) is 5.78 Å². The van der Waals surface area contributed by atoms with Crippen molar-refractivity contribution < 1.29 is 0 Å². The van der Waals surface area contributed by atoms with Crippen molar-refractivity contribution in [3.05, 3.63) is 53.9 Å². The third kappa shape index (κ3) is 3.20. The van der Waals surface area contributed by atoms with E-state index in [9.17, 15) is 5.26 Å². The molecule has 3 aromatic rings. The number of aryl methyl sites for hydroxylation is 1. The lowest BCUT2D eigenvalue weighted by Gasteiger charge is -2.06. The Bertz CT molecular complexity index is 755. The second-order valence-electron chi connectivity index (χ2n) is 4.68. The van der Waals surface area contributed by atoms with Crippen molar-refractivity contribution in [2.75, 3.05) is 0 Å². The van der Waals surface area contributed by atoms with Gasteiger partial charge in [-0.3, -0.25) is 0 Å². The van der Waals surface area contributed by atoms with E-state index < -0.39 is 0 Å². The summed E-state index contributed by atoms with van der Waals surface area (Å²) in [4.78, 5) is 8.43. The van der Waals surface area contributed by atoms with Crippen molar-refractivity contribution in [1.82, 2.24) is 19.6 Å².